The fourth-order valence-corrected chi connectivity index (χ4v) is 5.62. The van der Waals surface area contributed by atoms with E-state index >= 15 is 0 Å². The number of rotatable bonds is 5. The number of phenols is 1. The lowest BCUT2D eigenvalue weighted by molar-refractivity contribution is -0.112. The predicted octanol–water partition coefficient (Wildman–Crippen LogP) is 2.45. The molecule has 0 unspecified atom stereocenters. The molecule has 1 aromatic rings. The fraction of sp³-hybridized carbons (Fsp3) is 0.529. The molecule has 2 bridgehead atoms. The highest BCUT2D eigenvalue weighted by Gasteiger charge is 2.30. The van der Waals surface area contributed by atoms with Crippen LogP contribution < -0.4 is 27.1 Å². The van der Waals surface area contributed by atoms with E-state index in [1.54, 1.807) is 44.2 Å². The van der Waals surface area contributed by atoms with E-state index in [1.165, 1.54) is 14.2 Å². The maximum atomic E-state index is 13.3. The number of aliphatic hydroxyl groups is 1. The van der Waals surface area contributed by atoms with Crippen LogP contribution in [0.15, 0.2) is 61.5 Å². The van der Waals surface area contributed by atoms with Gasteiger partial charge in [-0.15, -0.1) is 0 Å². The number of benzene rings is 1. The third-order valence-electron chi connectivity index (χ3n) is 8.08. The number of anilines is 1. The molecule has 2 aliphatic heterocycles. The van der Waals surface area contributed by atoms with E-state index in [4.69, 9.17) is 19.9 Å². The van der Waals surface area contributed by atoms with Crippen molar-refractivity contribution >= 4 is 29.6 Å². The molecule has 0 aliphatic carbocycles. The summed E-state index contributed by atoms with van der Waals surface area (Å²) in [5.74, 6) is -0.599. The molecule has 48 heavy (non-hydrogen) atoms. The van der Waals surface area contributed by atoms with Crippen molar-refractivity contribution in [3.05, 3.63) is 57.8 Å². The number of nitrogens with zero attached hydrogens (tertiary/aromatic N) is 4. The van der Waals surface area contributed by atoms with E-state index in [-0.39, 0.29) is 23.3 Å². The first-order valence-corrected chi connectivity index (χ1v) is 16.1. The first kappa shape index (κ1) is 38.1. The van der Waals surface area contributed by atoms with Crippen molar-refractivity contribution in [2.24, 2.45) is 37.5 Å². The summed E-state index contributed by atoms with van der Waals surface area (Å²) < 4.78 is 16.8. The van der Waals surface area contributed by atoms with Gasteiger partial charge in [-0.2, -0.15) is 4.99 Å². The molecular formula is C34H49N7O7. The lowest BCUT2D eigenvalue weighted by atomic mass is 9.88. The van der Waals surface area contributed by atoms with Crippen LogP contribution in [-0.2, 0) is 25.4 Å². The number of phenolic OH excluding ortho intramolecular Hbond substituents is 1. The van der Waals surface area contributed by atoms with Crippen LogP contribution in [0.25, 0.3) is 0 Å². The number of allylic oxidation sites excluding steroid dienone is 2. The number of aliphatic imine (C=N–C) groups is 2. The van der Waals surface area contributed by atoms with Crippen molar-refractivity contribution in [3.63, 3.8) is 0 Å². The van der Waals surface area contributed by atoms with Crippen LogP contribution in [0.3, 0.4) is 0 Å². The van der Waals surface area contributed by atoms with E-state index in [1.807, 2.05) is 27.7 Å². The average molecular weight is 668 g/mol. The molecule has 0 radical (unpaired) electrons. The molecule has 2 amide bonds. The van der Waals surface area contributed by atoms with Crippen molar-refractivity contribution in [1.82, 2.24) is 5.32 Å². The lowest BCUT2D eigenvalue weighted by Crippen LogP contribution is -2.37. The van der Waals surface area contributed by atoms with Gasteiger partial charge in [-0.05, 0) is 58.1 Å². The number of hydrogen-bond donors (Lipinski definition) is 5. The summed E-state index contributed by atoms with van der Waals surface area (Å²) in [6.07, 6.45) is 3.17. The molecule has 2 aliphatic rings. The third kappa shape index (κ3) is 9.81. The number of methoxy groups -OCH3 is 2. The van der Waals surface area contributed by atoms with E-state index in [0.29, 0.717) is 59.3 Å². The van der Waals surface area contributed by atoms with Gasteiger partial charge in [0.25, 0.3) is 11.9 Å². The van der Waals surface area contributed by atoms with Crippen LogP contribution in [0.4, 0.5) is 10.5 Å². The summed E-state index contributed by atoms with van der Waals surface area (Å²) in [6.45, 7) is 12.1. The molecule has 0 aromatic heterocycles. The lowest BCUT2D eigenvalue weighted by Gasteiger charge is -2.29. The quantitative estimate of drug-likeness (QED) is 0.136. The van der Waals surface area contributed by atoms with Crippen LogP contribution in [0.1, 0.15) is 53.5 Å². The second-order valence-corrected chi connectivity index (χ2v) is 11.9. The minimum atomic E-state index is -0.984. The number of nitrogens with two attached hydrogens (primary N) is 1. The van der Waals surface area contributed by atoms with Crippen LogP contribution in [0.5, 0.6) is 5.75 Å². The highest BCUT2D eigenvalue weighted by Crippen LogP contribution is 2.29. The first-order chi connectivity index (χ1) is 22.8. The normalized spacial score (nSPS) is 29.3. The molecule has 2 heterocycles. The SMILES string of the molecule is CCN=C(N=C1N=c2cc3c(O)c(c2=N1)C[C@@H](C)C[C@H](OC)[C@H](O)[C@@H](C)/C=C(\C)[C@H](OC(N)=O)[C@@H](OC)/C=C\C=C(/C)C(=O)N3)NCC. The molecule has 6 atom stereocenters. The Hall–Kier alpha value is -4.40. The molecule has 0 saturated carbocycles. The van der Waals surface area contributed by atoms with Gasteiger partial charge in [-0.25, -0.2) is 14.8 Å². The largest absolute Gasteiger partial charge is 0.505 e. The minimum Gasteiger partial charge on any atom is -0.505 e. The van der Waals surface area contributed by atoms with Crippen molar-refractivity contribution in [3.8, 4) is 5.75 Å². The zero-order valence-electron chi connectivity index (χ0n) is 29.0. The Balaban J connectivity index is 2.18. The van der Waals surface area contributed by atoms with Gasteiger partial charge in [0.15, 0.2) is 6.10 Å². The standard InChI is InChI=1S/C34H49N7O7/c1-9-36-33(37-10-2)41-34-39-23-17-24-29(43)22(27(23)40-34)14-18(3)15-26(47-8)28(42)20(5)16-21(6)30(48-32(35)45)25(46-7)13-11-12-19(4)31(44)38-24/h11-13,16-18,20,25-26,28,30,42-43H,9-10,14-15H2,1-8H3,(H2,35,45)(H,36,37)(H,38,44)/b13-11-,19-12+,21-16+,41-34?/t18-,20+,25+,26+,28-,30+/m1/s1. The van der Waals surface area contributed by atoms with Gasteiger partial charge in [0, 0.05) is 44.4 Å². The summed E-state index contributed by atoms with van der Waals surface area (Å²) in [4.78, 5) is 43.2. The Morgan fingerprint density at radius 2 is 1.92 bits per heavy atom. The second-order valence-electron chi connectivity index (χ2n) is 11.9. The molecule has 1 aromatic carbocycles. The van der Waals surface area contributed by atoms with Crippen molar-refractivity contribution in [2.75, 3.05) is 32.6 Å². The number of aromatic hydroxyl groups is 1. The molecule has 0 fully saturated rings. The van der Waals surface area contributed by atoms with Gasteiger partial charge < -0.3 is 40.8 Å². The number of hydrogen-bond acceptors (Lipinski definition) is 8. The van der Waals surface area contributed by atoms with Crippen molar-refractivity contribution in [1.29, 1.82) is 0 Å². The molecular weight excluding hydrogens is 618 g/mol. The Bertz CT molecular complexity index is 1620. The Morgan fingerprint density at radius 1 is 1.19 bits per heavy atom. The molecule has 6 N–H and O–H groups in total. The number of fused-ring (bicyclic) bond motifs is 4. The number of ether oxygens (including phenoxy) is 3. The van der Waals surface area contributed by atoms with E-state index < -0.39 is 42.3 Å². The smallest absolute Gasteiger partial charge is 0.405 e. The van der Waals surface area contributed by atoms with Gasteiger partial charge in [0.1, 0.15) is 11.9 Å². The van der Waals surface area contributed by atoms with Gasteiger partial charge in [-0.1, -0.05) is 38.2 Å². The van der Waals surface area contributed by atoms with Gasteiger partial charge in [0.2, 0.25) is 5.96 Å². The van der Waals surface area contributed by atoms with Gasteiger partial charge >= 0.3 is 6.09 Å². The molecule has 262 valence electrons. The Kier molecular flexibility index (Phi) is 14.0. The highest BCUT2D eigenvalue weighted by molar-refractivity contribution is 6.04. The number of amides is 2. The van der Waals surface area contributed by atoms with E-state index in [2.05, 4.69) is 30.6 Å². The average Bonchev–Trinajstić information content (AvgIpc) is 3.43. The summed E-state index contributed by atoms with van der Waals surface area (Å²) >= 11 is 0. The molecule has 0 saturated heterocycles. The fourth-order valence-electron chi connectivity index (χ4n) is 5.62. The maximum Gasteiger partial charge on any atom is 0.405 e. The molecule has 14 heteroatoms. The van der Waals surface area contributed by atoms with E-state index in [0.717, 1.165) is 0 Å². The molecule has 0 spiro atoms. The Labute approximate surface area is 281 Å². The molecule has 14 nitrogen and oxygen atoms in total. The third-order valence-corrected chi connectivity index (χ3v) is 8.08. The second kappa shape index (κ2) is 17.7. The van der Waals surface area contributed by atoms with Crippen molar-refractivity contribution in [2.45, 2.75) is 78.8 Å². The summed E-state index contributed by atoms with van der Waals surface area (Å²) in [6, 6.07) is 1.56. The minimum absolute atomic E-state index is 0.130. The zero-order chi connectivity index (χ0) is 35.5. The van der Waals surface area contributed by atoms with Crippen LogP contribution in [0.2, 0.25) is 0 Å². The summed E-state index contributed by atoms with van der Waals surface area (Å²) in [7, 11) is 2.99. The monoisotopic (exact) mass is 667 g/mol. The number of aliphatic hydroxyl groups excluding tert-OH is 1. The number of nitrogens with one attached hydrogen (secondary N) is 2. The number of guanidine groups is 2. The van der Waals surface area contributed by atoms with E-state index in [9.17, 15) is 19.8 Å². The summed E-state index contributed by atoms with van der Waals surface area (Å²) in [5, 5.41) is 29.7. The van der Waals surface area contributed by atoms with Gasteiger partial charge in [-0.3, -0.25) is 9.79 Å². The highest BCUT2D eigenvalue weighted by atomic mass is 16.6. The number of primary amides is 1. The number of carbonyl (C=O) groups is 2. The van der Waals surface area contributed by atoms with Crippen LogP contribution in [-0.4, -0.2) is 85.9 Å². The summed E-state index contributed by atoms with van der Waals surface area (Å²) in [5.41, 5.74) is 6.95. The topological polar surface area (TPSA) is 202 Å². The van der Waals surface area contributed by atoms with Crippen molar-refractivity contribution < 1.29 is 34.0 Å². The zero-order valence-corrected chi connectivity index (χ0v) is 29.0. The maximum absolute atomic E-state index is 13.3. The molecule has 3 rings (SSSR count). The first-order valence-electron chi connectivity index (χ1n) is 16.1. The Morgan fingerprint density at radius 3 is 2.54 bits per heavy atom. The van der Waals surface area contributed by atoms with Crippen LogP contribution in [0, 0.1) is 11.8 Å². The predicted molar refractivity (Wildman–Crippen MR) is 183 cm³/mol. The number of carbonyl (C=O) groups excluding carboxylic acids is 2. The van der Waals surface area contributed by atoms with Crippen LogP contribution >= 0.6 is 0 Å². The van der Waals surface area contributed by atoms with Gasteiger partial charge in [0.05, 0.1) is 28.6 Å².